The second-order valence-corrected chi connectivity index (χ2v) is 5.71. The summed E-state index contributed by atoms with van der Waals surface area (Å²) in [6.45, 7) is 0.508. The van der Waals surface area contributed by atoms with Crippen LogP contribution in [-0.4, -0.2) is 11.1 Å². The summed E-state index contributed by atoms with van der Waals surface area (Å²) in [6, 6.07) is 17.3. The fourth-order valence-corrected chi connectivity index (χ4v) is 2.66. The lowest BCUT2D eigenvalue weighted by Gasteiger charge is -2.06. The van der Waals surface area contributed by atoms with Gasteiger partial charge in [-0.2, -0.15) is 0 Å². The van der Waals surface area contributed by atoms with Crippen LogP contribution in [0.25, 0.3) is 6.08 Å². The van der Waals surface area contributed by atoms with Crippen molar-refractivity contribution in [2.45, 2.75) is 6.61 Å². The van der Waals surface area contributed by atoms with Crippen LogP contribution in [0.15, 0.2) is 59.5 Å². The minimum Gasteiger partial charge on any atom is -0.489 e. The second kappa shape index (κ2) is 6.49. The summed E-state index contributed by atoms with van der Waals surface area (Å²) in [6.07, 6.45) is 1.69. The number of hydrogen-bond donors (Lipinski definition) is 1. The lowest BCUT2D eigenvalue weighted by molar-refractivity contribution is -0.115. The topological polar surface area (TPSA) is 55.4 Å². The highest BCUT2D eigenvalue weighted by molar-refractivity contribution is 8.18. The van der Waals surface area contributed by atoms with Gasteiger partial charge in [0.05, 0.1) is 4.91 Å². The van der Waals surface area contributed by atoms with Gasteiger partial charge in [-0.1, -0.05) is 42.5 Å². The van der Waals surface area contributed by atoms with E-state index in [2.05, 4.69) is 5.32 Å². The van der Waals surface area contributed by atoms with E-state index in [4.69, 9.17) is 4.74 Å². The van der Waals surface area contributed by atoms with Crippen molar-refractivity contribution in [3.05, 3.63) is 70.6 Å². The molecule has 1 fully saturated rings. The van der Waals surface area contributed by atoms with Crippen molar-refractivity contribution in [1.82, 2.24) is 5.32 Å². The zero-order valence-electron chi connectivity index (χ0n) is 11.6. The number of ether oxygens (including phenoxy) is 1. The third-order valence-electron chi connectivity index (χ3n) is 3.07. The summed E-state index contributed by atoms with van der Waals surface area (Å²) in [5.74, 6) is 0.407. The van der Waals surface area contributed by atoms with Gasteiger partial charge < -0.3 is 4.74 Å². The zero-order chi connectivity index (χ0) is 15.4. The van der Waals surface area contributed by atoms with Crippen molar-refractivity contribution >= 4 is 29.0 Å². The Morgan fingerprint density at radius 1 is 1.00 bits per heavy atom. The van der Waals surface area contributed by atoms with Crippen molar-refractivity contribution in [1.29, 1.82) is 0 Å². The van der Waals surface area contributed by atoms with Crippen molar-refractivity contribution < 1.29 is 14.3 Å². The first-order chi connectivity index (χ1) is 10.7. The minimum absolute atomic E-state index is 0.334. The van der Waals surface area contributed by atoms with Gasteiger partial charge in [-0.25, -0.2) is 0 Å². The van der Waals surface area contributed by atoms with Crippen LogP contribution in [-0.2, 0) is 11.4 Å². The molecule has 5 heteroatoms. The molecule has 0 aromatic heterocycles. The highest BCUT2D eigenvalue weighted by Gasteiger charge is 2.24. The molecule has 0 bridgehead atoms. The number of carbonyl (C=O) groups is 2. The molecule has 1 aliphatic heterocycles. The molecule has 3 rings (SSSR count). The van der Waals surface area contributed by atoms with E-state index in [-0.39, 0.29) is 11.1 Å². The number of nitrogens with one attached hydrogen (secondary N) is 1. The summed E-state index contributed by atoms with van der Waals surface area (Å²) in [5, 5.41) is 1.89. The van der Waals surface area contributed by atoms with Crippen LogP contribution in [0, 0.1) is 0 Å². The Labute approximate surface area is 132 Å². The van der Waals surface area contributed by atoms with E-state index in [1.807, 2.05) is 54.6 Å². The maximum absolute atomic E-state index is 11.5. The van der Waals surface area contributed by atoms with E-state index in [0.717, 1.165) is 28.6 Å². The number of benzene rings is 2. The molecule has 0 radical (unpaired) electrons. The molecule has 22 heavy (non-hydrogen) atoms. The Bertz CT molecular complexity index is 723. The van der Waals surface area contributed by atoms with Crippen LogP contribution in [0.5, 0.6) is 5.75 Å². The number of thioether (sulfide) groups is 1. The van der Waals surface area contributed by atoms with Gasteiger partial charge in [0.2, 0.25) is 0 Å². The number of hydrogen-bond acceptors (Lipinski definition) is 4. The molecule has 0 unspecified atom stereocenters. The smallest absolute Gasteiger partial charge is 0.290 e. The normalized spacial score (nSPS) is 15.9. The SMILES string of the molecule is O=C1NC(=O)/C(=C/c2ccc(OCc3ccccc3)cc2)S1. The Balaban J connectivity index is 1.64. The fourth-order valence-electron chi connectivity index (χ4n) is 1.97. The van der Waals surface area contributed by atoms with Crippen LogP contribution in [0.4, 0.5) is 4.79 Å². The Morgan fingerprint density at radius 3 is 2.36 bits per heavy atom. The molecule has 110 valence electrons. The molecule has 1 N–H and O–H groups in total. The molecule has 0 spiro atoms. The summed E-state index contributed by atoms with van der Waals surface area (Å²) in [4.78, 5) is 23.0. The van der Waals surface area contributed by atoms with Crippen LogP contribution in [0.1, 0.15) is 11.1 Å². The van der Waals surface area contributed by atoms with E-state index in [1.54, 1.807) is 6.08 Å². The predicted molar refractivity (Wildman–Crippen MR) is 86.3 cm³/mol. The number of imide groups is 1. The summed E-state index contributed by atoms with van der Waals surface area (Å²) in [7, 11) is 0. The number of rotatable bonds is 4. The number of carbonyl (C=O) groups excluding carboxylic acids is 2. The zero-order valence-corrected chi connectivity index (χ0v) is 12.4. The molecule has 0 atom stereocenters. The minimum atomic E-state index is -0.348. The lowest BCUT2D eigenvalue weighted by Crippen LogP contribution is -2.17. The second-order valence-electron chi connectivity index (χ2n) is 4.70. The van der Waals surface area contributed by atoms with Gasteiger partial charge in [0.15, 0.2) is 0 Å². The molecule has 0 aliphatic carbocycles. The van der Waals surface area contributed by atoms with Crippen molar-refractivity contribution in [2.75, 3.05) is 0 Å². The molecule has 4 nitrogen and oxygen atoms in total. The van der Waals surface area contributed by atoms with Crippen molar-refractivity contribution in [2.24, 2.45) is 0 Å². The Hall–Kier alpha value is -2.53. The largest absolute Gasteiger partial charge is 0.489 e. The van der Waals surface area contributed by atoms with E-state index in [9.17, 15) is 9.59 Å². The van der Waals surface area contributed by atoms with Crippen molar-refractivity contribution in [3.63, 3.8) is 0 Å². The average molecular weight is 311 g/mol. The molecule has 1 aliphatic rings. The third kappa shape index (κ3) is 3.56. The summed E-state index contributed by atoms with van der Waals surface area (Å²) < 4.78 is 5.70. The van der Waals surface area contributed by atoms with Crippen LogP contribution < -0.4 is 10.1 Å². The van der Waals surface area contributed by atoms with Crippen LogP contribution in [0.2, 0.25) is 0 Å². The monoisotopic (exact) mass is 311 g/mol. The van der Waals surface area contributed by atoms with E-state index in [0.29, 0.717) is 11.5 Å². The standard InChI is InChI=1S/C17H13NO3S/c19-16-15(22-17(20)18-16)10-12-6-8-14(9-7-12)21-11-13-4-2-1-3-5-13/h1-10H,11H2,(H,18,19,20)/b15-10-. The first kappa shape index (κ1) is 14.4. The highest BCUT2D eigenvalue weighted by atomic mass is 32.2. The molecule has 0 saturated carbocycles. The first-order valence-corrected chi connectivity index (χ1v) is 7.54. The fraction of sp³-hybridized carbons (Fsp3) is 0.0588. The quantitative estimate of drug-likeness (QED) is 0.877. The number of amides is 2. The Morgan fingerprint density at radius 2 is 1.73 bits per heavy atom. The van der Waals surface area contributed by atoms with E-state index in [1.165, 1.54) is 0 Å². The third-order valence-corrected chi connectivity index (χ3v) is 3.88. The summed E-state index contributed by atoms with van der Waals surface area (Å²) >= 11 is 0.911. The highest BCUT2D eigenvalue weighted by Crippen LogP contribution is 2.26. The van der Waals surface area contributed by atoms with Gasteiger partial charge in [0.1, 0.15) is 12.4 Å². The Kier molecular flexibility index (Phi) is 4.25. The summed E-state index contributed by atoms with van der Waals surface area (Å²) in [5.41, 5.74) is 1.95. The molecule has 2 amide bonds. The van der Waals surface area contributed by atoms with Gasteiger partial charge in [-0.3, -0.25) is 14.9 Å². The van der Waals surface area contributed by atoms with Gasteiger partial charge >= 0.3 is 0 Å². The van der Waals surface area contributed by atoms with Crippen molar-refractivity contribution in [3.8, 4) is 5.75 Å². The maximum atomic E-state index is 11.5. The molecular weight excluding hydrogens is 298 g/mol. The predicted octanol–water partition coefficient (Wildman–Crippen LogP) is 3.59. The van der Waals surface area contributed by atoms with E-state index < -0.39 is 0 Å². The molecular formula is C17H13NO3S. The van der Waals surface area contributed by atoms with Gasteiger partial charge in [-0.05, 0) is 41.1 Å². The maximum Gasteiger partial charge on any atom is 0.290 e. The molecule has 1 heterocycles. The molecule has 2 aromatic carbocycles. The van der Waals surface area contributed by atoms with Gasteiger partial charge in [-0.15, -0.1) is 0 Å². The van der Waals surface area contributed by atoms with Gasteiger partial charge in [0, 0.05) is 0 Å². The van der Waals surface area contributed by atoms with Crippen LogP contribution in [0.3, 0.4) is 0 Å². The first-order valence-electron chi connectivity index (χ1n) is 6.72. The average Bonchev–Trinajstić information content (AvgIpc) is 2.85. The molecule has 1 saturated heterocycles. The lowest BCUT2D eigenvalue weighted by atomic mass is 10.2. The molecule has 2 aromatic rings. The van der Waals surface area contributed by atoms with Gasteiger partial charge in [0.25, 0.3) is 11.1 Å². The van der Waals surface area contributed by atoms with Crippen LogP contribution >= 0.6 is 11.8 Å². The van der Waals surface area contributed by atoms with E-state index >= 15 is 0 Å².